The number of carbonyl (C=O) groups excluding carboxylic acids is 1. The zero-order valence-corrected chi connectivity index (χ0v) is 22.0. The second-order valence-electron chi connectivity index (χ2n) is 12.7. The first kappa shape index (κ1) is 23.5. The molecule has 0 radical (unpaired) electrons. The summed E-state index contributed by atoms with van der Waals surface area (Å²) in [7, 11) is 0. The number of hydrogen-bond acceptors (Lipinski definition) is 5. The Bertz CT molecular complexity index is 1540. The van der Waals surface area contributed by atoms with E-state index in [1.807, 2.05) is 42.5 Å². The van der Waals surface area contributed by atoms with Gasteiger partial charge in [0.05, 0.1) is 11.1 Å². The van der Waals surface area contributed by atoms with E-state index in [0.717, 1.165) is 59.1 Å². The van der Waals surface area contributed by atoms with Crippen LogP contribution in [0.15, 0.2) is 54.6 Å². The van der Waals surface area contributed by atoms with E-state index in [9.17, 15) is 20.1 Å². The molecular formula is C33H34N2O4. The maximum Gasteiger partial charge on any atom is 0.161 e. The summed E-state index contributed by atoms with van der Waals surface area (Å²) in [5.74, 6) is 0.870. The van der Waals surface area contributed by atoms with Crippen LogP contribution in [0.3, 0.4) is 0 Å². The van der Waals surface area contributed by atoms with Gasteiger partial charge < -0.3 is 20.3 Å². The molecule has 39 heavy (non-hydrogen) atoms. The third-order valence-electron chi connectivity index (χ3n) is 10.8. The molecule has 200 valence electrons. The summed E-state index contributed by atoms with van der Waals surface area (Å²) in [6, 6.07) is 15.6. The molecule has 4 N–H and O–H groups in total. The maximum atomic E-state index is 12.7. The number of ketones is 1. The molecule has 2 bridgehead atoms. The number of fused-ring (bicyclic) bond motifs is 1. The number of aromatic nitrogens is 1. The maximum absolute atomic E-state index is 12.7. The number of piperidine rings is 1. The molecule has 6 aliphatic rings. The number of phenolic OH excluding ortho intramolecular Hbond substituents is 2. The number of aromatic amines is 1. The van der Waals surface area contributed by atoms with Crippen LogP contribution in [0.4, 0.5) is 0 Å². The third-order valence-corrected chi connectivity index (χ3v) is 10.8. The van der Waals surface area contributed by atoms with Gasteiger partial charge in [-0.05, 0) is 72.6 Å². The Hall–Kier alpha value is -3.35. The average molecular weight is 523 g/mol. The molecule has 1 aliphatic heterocycles. The number of aryl methyl sites for hydroxylation is 1. The van der Waals surface area contributed by atoms with E-state index in [0.29, 0.717) is 25.7 Å². The van der Waals surface area contributed by atoms with E-state index in [1.54, 1.807) is 12.1 Å². The summed E-state index contributed by atoms with van der Waals surface area (Å²) < 4.78 is 0. The summed E-state index contributed by atoms with van der Waals surface area (Å²) in [5, 5.41) is 34.3. The highest BCUT2D eigenvalue weighted by Gasteiger charge is 2.88. The van der Waals surface area contributed by atoms with Crippen LogP contribution in [0, 0.1) is 11.8 Å². The number of allylic oxidation sites excluding steroid dienone is 1. The lowest BCUT2D eigenvalue weighted by atomic mass is 9.27. The van der Waals surface area contributed by atoms with Gasteiger partial charge in [-0.15, -0.1) is 0 Å². The molecule has 2 unspecified atom stereocenters. The molecule has 1 aromatic heterocycles. The molecule has 0 amide bonds. The highest BCUT2D eigenvalue weighted by molar-refractivity contribution is 5.93. The molecule has 5 aliphatic carbocycles. The number of nitrogens with zero attached hydrogens (tertiary/aromatic N) is 1. The van der Waals surface area contributed by atoms with Crippen molar-refractivity contribution in [2.24, 2.45) is 11.8 Å². The molecule has 6 heteroatoms. The van der Waals surface area contributed by atoms with Gasteiger partial charge in [0.15, 0.2) is 17.3 Å². The second-order valence-corrected chi connectivity index (χ2v) is 12.7. The molecule has 1 saturated heterocycles. The number of H-pyrrole nitrogens is 1. The first-order valence-electron chi connectivity index (χ1n) is 14.3. The Morgan fingerprint density at radius 2 is 1.87 bits per heavy atom. The number of likely N-dealkylation sites (tertiary alicyclic amines) is 1. The number of rotatable bonds is 7. The summed E-state index contributed by atoms with van der Waals surface area (Å²) in [5.41, 5.74) is 3.99. The Balaban J connectivity index is 1.12. The van der Waals surface area contributed by atoms with E-state index in [2.05, 4.69) is 16.0 Å². The van der Waals surface area contributed by atoms with Crippen molar-refractivity contribution in [3.63, 3.8) is 0 Å². The molecular weight excluding hydrogens is 488 g/mol. The van der Waals surface area contributed by atoms with Crippen LogP contribution in [-0.2, 0) is 35.9 Å². The van der Waals surface area contributed by atoms with Gasteiger partial charge in [-0.1, -0.05) is 36.4 Å². The first-order valence-corrected chi connectivity index (χ1v) is 14.3. The molecule has 6 nitrogen and oxygen atoms in total. The van der Waals surface area contributed by atoms with Gasteiger partial charge in [-0.3, -0.25) is 9.69 Å². The summed E-state index contributed by atoms with van der Waals surface area (Å²) in [6.45, 7) is 1.96. The number of phenols is 2. The zero-order valence-electron chi connectivity index (χ0n) is 22.0. The van der Waals surface area contributed by atoms with Gasteiger partial charge >= 0.3 is 0 Å². The molecule has 9 rings (SSSR count). The van der Waals surface area contributed by atoms with Crippen LogP contribution in [-0.4, -0.2) is 55.2 Å². The van der Waals surface area contributed by atoms with Gasteiger partial charge in [0, 0.05) is 60.6 Å². The average Bonchev–Trinajstić information content (AvgIpc) is 3.67. The van der Waals surface area contributed by atoms with Crippen molar-refractivity contribution in [2.45, 2.75) is 61.5 Å². The van der Waals surface area contributed by atoms with Crippen molar-refractivity contribution in [2.75, 3.05) is 13.1 Å². The van der Waals surface area contributed by atoms with Gasteiger partial charge in [0.25, 0.3) is 0 Å². The quantitative estimate of drug-likeness (QED) is 0.277. The zero-order chi connectivity index (χ0) is 26.6. The van der Waals surface area contributed by atoms with Crippen molar-refractivity contribution in [3.05, 3.63) is 88.2 Å². The molecule has 2 heterocycles. The Labute approximate surface area is 228 Å². The van der Waals surface area contributed by atoms with Crippen LogP contribution < -0.4 is 0 Å². The van der Waals surface area contributed by atoms with Crippen molar-refractivity contribution < 1.29 is 20.1 Å². The fourth-order valence-corrected chi connectivity index (χ4v) is 8.89. The van der Waals surface area contributed by atoms with Crippen LogP contribution in [0.5, 0.6) is 11.5 Å². The number of hydrogen-bond donors (Lipinski definition) is 4. The van der Waals surface area contributed by atoms with Crippen LogP contribution in [0.1, 0.15) is 52.9 Å². The van der Waals surface area contributed by atoms with Gasteiger partial charge in [0.1, 0.15) is 0 Å². The topological polar surface area (TPSA) is 96.8 Å². The molecule has 3 fully saturated rings. The Kier molecular flexibility index (Phi) is 4.74. The summed E-state index contributed by atoms with van der Waals surface area (Å²) >= 11 is 0. The molecule has 2 aromatic carbocycles. The lowest BCUT2D eigenvalue weighted by Gasteiger charge is -2.86. The van der Waals surface area contributed by atoms with Gasteiger partial charge in [-0.25, -0.2) is 0 Å². The minimum atomic E-state index is -1.02. The van der Waals surface area contributed by atoms with Crippen LogP contribution in [0.2, 0.25) is 0 Å². The first-order chi connectivity index (χ1) is 18.9. The third kappa shape index (κ3) is 2.96. The van der Waals surface area contributed by atoms with E-state index >= 15 is 0 Å². The lowest BCUT2D eigenvalue weighted by Crippen LogP contribution is -2.99. The van der Waals surface area contributed by atoms with E-state index in [4.69, 9.17) is 0 Å². The Morgan fingerprint density at radius 1 is 1.05 bits per heavy atom. The van der Waals surface area contributed by atoms with Crippen molar-refractivity contribution >= 4 is 11.9 Å². The minimum Gasteiger partial charge on any atom is -0.504 e. The predicted octanol–water partition coefficient (Wildman–Crippen LogP) is 4.06. The van der Waals surface area contributed by atoms with Crippen molar-refractivity contribution in [1.82, 2.24) is 9.88 Å². The Morgan fingerprint density at radius 3 is 2.67 bits per heavy atom. The molecule has 3 aromatic rings. The number of nitrogens with one attached hydrogen (secondary N) is 1. The van der Waals surface area contributed by atoms with E-state index < -0.39 is 11.0 Å². The summed E-state index contributed by atoms with van der Waals surface area (Å²) in [6.07, 6.45) is 9.02. The van der Waals surface area contributed by atoms with Crippen LogP contribution in [0.25, 0.3) is 6.08 Å². The second kappa shape index (κ2) is 7.86. The van der Waals surface area contributed by atoms with Crippen LogP contribution >= 0.6 is 0 Å². The standard InChI is InChI=1S/C33H34N2O4/c36-25(11-8-20-4-2-1-3-5-20)12-10-24-14-23-16-33(39)31(17-26(23)34-24)28-19-35(18-21-6-7-21)32(28,33)15-22-9-13-27(37)30(38)29(22)31/h1-5,9-10,12-14,21,28,34,37-39H,6-8,11,15-19H2/b12-10+/t28?,31-,32?,33-/m0/s1. The summed E-state index contributed by atoms with van der Waals surface area (Å²) in [4.78, 5) is 18.6. The lowest BCUT2D eigenvalue weighted by molar-refractivity contribution is -0.360. The number of benzene rings is 2. The predicted molar refractivity (Wildman–Crippen MR) is 148 cm³/mol. The number of aromatic hydroxyl groups is 2. The molecule has 2 spiro atoms. The molecule has 4 atom stereocenters. The van der Waals surface area contributed by atoms with Gasteiger partial charge in [0.2, 0.25) is 0 Å². The SMILES string of the molecule is O=C(/C=C/c1cc2c([nH]1)C[C@@]13c4c(ccc(O)c4O)CC4(C1CN4CC1CC1)[C@]3(O)C2)CCc1ccccc1. The monoisotopic (exact) mass is 522 g/mol. The number of carbonyl (C=O) groups is 1. The van der Waals surface area contributed by atoms with Crippen molar-refractivity contribution in [3.8, 4) is 11.5 Å². The fraction of sp³-hybridized carbons (Fsp3) is 0.424. The highest BCUT2D eigenvalue weighted by Crippen LogP contribution is 2.78. The molecule has 2 saturated carbocycles. The minimum absolute atomic E-state index is 0.0704. The van der Waals surface area contributed by atoms with E-state index in [-0.39, 0.29) is 28.7 Å². The fourth-order valence-electron chi connectivity index (χ4n) is 8.89. The normalized spacial score (nSPS) is 32.0. The van der Waals surface area contributed by atoms with Crippen molar-refractivity contribution in [1.29, 1.82) is 0 Å². The number of aliphatic hydroxyl groups is 1. The largest absolute Gasteiger partial charge is 0.504 e. The van der Waals surface area contributed by atoms with Gasteiger partial charge in [-0.2, -0.15) is 0 Å². The smallest absolute Gasteiger partial charge is 0.161 e. The highest BCUT2D eigenvalue weighted by atomic mass is 16.3. The van der Waals surface area contributed by atoms with E-state index in [1.165, 1.54) is 12.8 Å².